The lowest BCUT2D eigenvalue weighted by Crippen LogP contribution is -2.42. The quantitative estimate of drug-likeness (QED) is 0.659. The molecule has 2 aromatic rings. The molecule has 1 saturated heterocycles. The molecule has 1 aliphatic heterocycles. The van der Waals surface area contributed by atoms with Crippen LogP contribution in [0.3, 0.4) is 0 Å². The molecule has 2 aromatic carbocycles. The summed E-state index contributed by atoms with van der Waals surface area (Å²) in [4.78, 5) is 24.3. The molecule has 8 nitrogen and oxygen atoms in total. The van der Waals surface area contributed by atoms with Gasteiger partial charge in [0.1, 0.15) is 5.75 Å². The van der Waals surface area contributed by atoms with E-state index in [1.165, 1.54) is 4.31 Å². The average Bonchev–Trinajstić information content (AvgIpc) is 3.44. The Balaban J connectivity index is 1.43. The molecule has 0 radical (unpaired) electrons. The van der Waals surface area contributed by atoms with Gasteiger partial charge in [-0.05, 0) is 56.7 Å². The Morgan fingerprint density at radius 3 is 2.45 bits per heavy atom. The van der Waals surface area contributed by atoms with Crippen LogP contribution < -0.4 is 14.4 Å². The van der Waals surface area contributed by atoms with E-state index >= 15 is 0 Å². The van der Waals surface area contributed by atoms with Crippen molar-refractivity contribution in [2.24, 2.45) is 5.92 Å². The topological polar surface area (TPSA) is 102 Å². The van der Waals surface area contributed by atoms with Crippen LogP contribution >= 0.6 is 0 Å². The number of esters is 1. The van der Waals surface area contributed by atoms with Crippen LogP contribution in [0.2, 0.25) is 0 Å². The third kappa shape index (κ3) is 3.74. The van der Waals surface area contributed by atoms with Gasteiger partial charge in [-0.15, -0.1) is 0 Å². The van der Waals surface area contributed by atoms with Crippen molar-refractivity contribution in [1.82, 2.24) is 0 Å². The molecule has 1 heterocycles. The zero-order chi connectivity index (χ0) is 22.2. The summed E-state index contributed by atoms with van der Waals surface area (Å²) in [6, 6.07) is 13.6. The number of amides is 1. The summed E-state index contributed by atoms with van der Waals surface area (Å²) in [5.41, 5.74) is 2.07. The highest BCUT2D eigenvalue weighted by molar-refractivity contribution is 7.95. The zero-order valence-electron chi connectivity index (χ0n) is 17.3. The van der Waals surface area contributed by atoms with Crippen LogP contribution in [0, 0.1) is 12.8 Å². The smallest absolute Gasteiger partial charge is 0.344 e. The van der Waals surface area contributed by atoms with Crippen molar-refractivity contribution in [3.8, 4) is 5.75 Å². The number of carbonyl (C=O) groups excluding carboxylic acids is 2. The molecule has 2 aliphatic rings. The molecular weight excluding hydrogens is 420 g/mol. The number of fused-ring (bicyclic) bond motifs is 1. The number of hydrogen-bond acceptors (Lipinski definition) is 6. The fraction of sp³-hybridized carbons (Fsp3) is 0.364. The number of nitrogens with one attached hydrogen (secondary N) is 1. The normalized spacial score (nSPS) is 23.0. The number of nitrogens with zero attached hydrogens (tertiary/aromatic N) is 1. The lowest BCUT2D eigenvalue weighted by Gasteiger charge is -2.23. The Labute approximate surface area is 181 Å². The molecule has 9 heteroatoms. The molecular formula is C22H24N2O6S. The minimum Gasteiger partial charge on any atom is -0.482 e. The molecule has 2 fully saturated rings. The van der Waals surface area contributed by atoms with E-state index in [9.17, 15) is 18.0 Å². The molecule has 31 heavy (non-hydrogen) atoms. The van der Waals surface area contributed by atoms with Crippen LogP contribution in [0.4, 0.5) is 11.4 Å². The van der Waals surface area contributed by atoms with E-state index in [1.807, 2.05) is 19.1 Å². The van der Waals surface area contributed by atoms with Gasteiger partial charge in [-0.1, -0.05) is 17.7 Å². The molecule has 1 saturated carbocycles. The summed E-state index contributed by atoms with van der Waals surface area (Å²) in [6.07, 6.45) is 0.324. The van der Waals surface area contributed by atoms with E-state index in [0.717, 1.165) is 5.56 Å². The highest BCUT2D eigenvalue weighted by Gasteiger charge is 2.75. The number of carbonyl (C=O) groups is 2. The summed E-state index contributed by atoms with van der Waals surface area (Å²) in [5, 5.41) is 2.72. The highest BCUT2D eigenvalue weighted by Crippen LogP contribution is 2.58. The first-order valence-corrected chi connectivity index (χ1v) is 11.5. The van der Waals surface area contributed by atoms with Gasteiger partial charge in [-0.3, -0.25) is 9.10 Å². The minimum atomic E-state index is -3.83. The molecule has 0 bridgehead atoms. The molecule has 1 amide bonds. The maximum absolute atomic E-state index is 13.2. The molecule has 0 spiro atoms. The van der Waals surface area contributed by atoms with E-state index < -0.39 is 26.6 Å². The molecule has 2 unspecified atom stereocenters. The summed E-state index contributed by atoms with van der Waals surface area (Å²) in [5.74, 6) is -0.783. The summed E-state index contributed by atoms with van der Waals surface area (Å²) in [6.45, 7) is 4.02. The first kappa shape index (κ1) is 21.2. The lowest BCUT2D eigenvalue weighted by molar-refractivity contribution is -0.145. The van der Waals surface area contributed by atoms with Gasteiger partial charge in [-0.25, -0.2) is 13.2 Å². The van der Waals surface area contributed by atoms with Gasteiger partial charge in [0.25, 0.3) is 0 Å². The van der Waals surface area contributed by atoms with Crippen molar-refractivity contribution in [3.05, 3.63) is 54.1 Å². The number of ether oxygens (including phenoxy) is 2. The van der Waals surface area contributed by atoms with Crippen molar-refractivity contribution in [2.75, 3.05) is 29.4 Å². The number of aryl methyl sites for hydroxylation is 1. The predicted molar refractivity (Wildman–Crippen MR) is 115 cm³/mol. The van der Waals surface area contributed by atoms with Gasteiger partial charge in [0.05, 0.1) is 12.3 Å². The SMILES string of the molecule is CCOC(=O)COc1ccc(NC(=O)C23CC2CN(c2ccc(C)cc2)S3(=O)=O)cc1. The molecule has 4 rings (SSSR count). The largest absolute Gasteiger partial charge is 0.482 e. The van der Waals surface area contributed by atoms with Gasteiger partial charge in [-0.2, -0.15) is 0 Å². The van der Waals surface area contributed by atoms with Crippen LogP contribution in [0.5, 0.6) is 5.75 Å². The second-order valence-electron chi connectivity index (χ2n) is 7.73. The van der Waals surface area contributed by atoms with Gasteiger partial charge in [0.15, 0.2) is 11.4 Å². The highest BCUT2D eigenvalue weighted by atomic mass is 32.2. The third-order valence-corrected chi connectivity index (χ3v) is 8.21. The first-order chi connectivity index (χ1) is 14.8. The predicted octanol–water partition coefficient (Wildman–Crippen LogP) is 2.48. The second kappa shape index (κ2) is 7.88. The van der Waals surface area contributed by atoms with Crippen LogP contribution in [0.25, 0.3) is 0 Å². The fourth-order valence-corrected chi connectivity index (χ4v) is 6.26. The molecule has 164 valence electrons. The van der Waals surface area contributed by atoms with Gasteiger partial charge in [0.2, 0.25) is 15.9 Å². The maximum atomic E-state index is 13.2. The van der Waals surface area contributed by atoms with E-state index in [-0.39, 0.29) is 19.1 Å². The molecule has 1 aliphatic carbocycles. The minimum absolute atomic E-state index is 0.211. The maximum Gasteiger partial charge on any atom is 0.344 e. The van der Waals surface area contributed by atoms with E-state index in [4.69, 9.17) is 9.47 Å². The Morgan fingerprint density at radius 2 is 1.81 bits per heavy atom. The molecule has 0 aromatic heterocycles. The summed E-state index contributed by atoms with van der Waals surface area (Å²) >= 11 is 0. The molecule has 2 atom stereocenters. The summed E-state index contributed by atoms with van der Waals surface area (Å²) in [7, 11) is -3.83. The van der Waals surface area contributed by atoms with Crippen LogP contribution in [-0.4, -0.2) is 44.8 Å². The third-order valence-electron chi connectivity index (χ3n) is 5.67. The second-order valence-corrected chi connectivity index (χ2v) is 9.85. The zero-order valence-corrected chi connectivity index (χ0v) is 18.1. The average molecular weight is 445 g/mol. The molecule has 1 N–H and O–H groups in total. The monoisotopic (exact) mass is 444 g/mol. The van der Waals surface area contributed by atoms with E-state index in [1.54, 1.807) is 43.3 Å². The van der Waals surface area contributed by atoms with Crippen LogP contribution in [0.15, 0.2) is 48.5 Å². The lowest BCUT2D eigenvalue weighted by atomic mass is 10.2. The van der Waals surface area contributed by atoms with Gasteiger partial charge in [0, 0.05) is 18.2 Å². The van der Waals surface area contributed by atoms with Crippen molar-refractivity contribution >= 4 is 33.3 Å². The number of anilines is 2. The van der Waals surface area contributed by atoms with Crippen molar-refractivity contribution < 1.29 is 27.5 Å². The Kier molecular flexibility index (Phi) is 5.38. The van der Waals surface area contributed by atoms with E-state index in [0.29, 0.717) is 30.1 Å². The van der Waals surface area contributed by atoms with Crippen molar-refractivity contribution in [2.45, 2.75) is 25.0 Å². The number of hydrogen-bond donors (Lipinski definition) is 1. The van der Waals surface area contributed by atoms with Crippen molar-refractivity contribution in [1.29, 1.82) is 0 Å². The standard InChI is InChI=1S/C22H24N2O6S/c1-3-29-20(25)14-30-19-10-6-17(7-11-19)23-21(26)22-12-16(22)13-24(31(22,27)28)18-8-4-15(2)5-9-18/h4-11,16H,3,12-14H2,1-2H3,(H,23,26). The Hall–Kier alpha value is -3.07. The number of rotatable bonds is 7. The Morgan fingerprint density at radius 1 is 1.13 bits per heavy atom. The Bertz CT molecular complexity index is 1100. The summed E-state index contributed by atoms with van der Waals surface area (Å²) < 4.78 is 36.5. The van der Waals surface area contributed by atoms with Crippen LogP contribution in [0.1, 0.15) is 18.9 Å². The van der Waals surface area contributed by atoms with Gasteiger partial charge >= 0.3 is 5.97 Å². The van der Waals surface area contributed by atoms with Crippen molar-refractivity contribution in [3.63, 3.8) is 0 Å². The first-order valence-electron chi connectivity index (χ1n) is 10.1. The van der Waals surface area contributed by atoms with Gasteiger partial charge < -0.3 is 14.8 Å². The van der Waals surface area contributed by atoms with E-state index in [2.05, 4.69) is 5.32 Å². The number of benzene rings is 2. The fourth-order valence-electron chi connectivity index (χ4n) is 3.90. The van der Waals surface area contributed by atoms with Crippen LogP contribution in [-0.2, 0) is 24.3 Å². The number of sulfonamides is 1.